The van der Waals surface area contributed by atoms with E-state index in [-0.39, 0.29) is 17.4 Å². The van der Waals surface area contributed by atoms with Gasteiger partial charge in [-0.3, -0.25) is 4.79 Å². The third-order valence-electron chi connectivity index (χ3n) is 6.81. The Hall–Kier alpha value is -1.32. The molecule has 4 heteroatoms. The molecule has 23 heavy (non-hydrogen) atoms. The van der Waals surface area contributed by atoms with E-state index in [2.05, 4.69) is 6.58 Å². The van der Waals surface area contributed by atoms with E-state index in [1.54, 1.807) is 6.92 Å². The number of hydrogen-bond acceptors (Lipinski definition) is 4. The monoisotopic (exact) mass is 318 g/mol. The van der Waals surface area contributed by atoms with E-state index in [1.165, 1.54) is 6.42 Å². The Morgan fingerprint density at radius 3 is 2.35 bits per heavy atom. The summed E-state index contributed by atoms with van der Waals surface area (Å²) in [6.07, 6.45) is 4.48. The predicted octanol–water partition coefficient (Wildman–Crippen LogP) is 3.40. The third kappa shape index (κ3) is 1.67. The van der Waals surface area contributed by atoms with Gasteiger partial charge in [-0.25, -0.2) is 4.79 Å². The molecule has 2 bridgehead atoms. The van der Waals surface area contributed by atoms with E-state index in [9.17, 15) is 9.59 Å². The lowest BCUT2D eigenvalue weighted by atomic mass is 9.36. The minimum absolute atomic E-state index is 0.0506. The summed E-state index contributed by atoms with van der Waals surface area (Å²) < 4.78 is 11.7. The van der Waals surface area contributed by atoms with E-state index in [0.717, 1.165) is 19.3 Å². The first-order chi connectivity index (χ1) is 10.5. The van der Waals surface area contributed by atoms with Crippen LogP contribution >= 0.6 is 0 Å². The molecule has 4 fully saturated rings. The first-order valence-electron chi connectivity index (χ1n) is 8.66. The van der Waals surface area contributed by atoms with Gasteiger partial charge in [-0.2, -0.15) is 0 Å². The first kappa shape index (κ1) is 15.2. The van der Waals surface area contributed by atoms with Gasteiger partial charge in [0.25, 0.3) is 0 Å². The van der Waals surface area contributed by atoms with Gasteiger partial charge in [0.05, 0.1) is 5.41 Å². The van der Waals surface area contributed by atoms with Crippen LogP contribution in [-0.2, 0) is 19.1 Å². The molecule has 0 aromatic carbocycles. The smallest absolute Gasteiger partial charge is 0.333 e. The summed E-state index contributed by atoms with van der Waals surface area (Å²) >= 11 is 0. The highest BCUT2D eigenvalue weighted by molar-refractivity contribution is 5.88. The first-order valence-corrected chi connectivity index (χ1v) is 8.66. The summed E-state index contributed by atoms with van der Waals surface area (Å²) in [5, 5.41) is 0. The number of esters is 2. The van der Waals surface area contributed by atoms with Crippen LogP contribution in [0.3, 0.4) is 0 Å². The normalized spacial score (nSPS) is 45.6. The number of rotatable bonds is 3. The highest BCUT2D eigenvalue weighted by Gasteiger charge is 2.87. The van der Waals surface area contributed by atoms with Crippen LogP contribution in [0.4, 0.5) is 0 Å². The molecule has 0 N–H and O–H groups in total. The molecule has 126 valence electrons. The van der Waals surface area contributed by atoms with Gasteiger partial charge in [0.2, 0.25) is 0 Å². The largest absolute Gasteiger partial charge is 0.460 e. The van der Waals surface area contributed by atoms with E-state index in [4.69, 9.17) is 9.47 Å². The summed E-state index contributed by atoms with van der Waals surface area (Å²) in [6.45, 7) is 11.1. The van der Waals surface area contributed by atoms with E-state index in [1.807, 2.05) is 20.8 Å². The van der Waals surface area contributed by atoms with E-state index < -0.39 is 16.6 Å². The summed E-state index contributed by atoms with van der Waals surface area (Å²) in [6, 6.07) is 0. The quantitative estimate of drug-likeness (QED) is 0.591. The zero-order chi connectivity index (χ0) is 16.8. The fourth-order valence-electron chi connectivity index (χ4n) is 6.19. The number of fused-ring (bicyclic) bond motifs is 1. The second-order valence-electron chi connectivity index (χ2n) is 9.38. The van der Waals surface area contributed by atoms with Gasteiger partial charge in [0.15, 0.2) is 0 Å². The van der Waals surface area contributed by atoms with Crippen molar-refractivity contribution in [3.63, 3.8) is 0 Å². The van der Waals surface area contributed by atoms with E-state index in [0.29, 0.717) is 23.8 Å². The van der Waals surface area contributed by atoms with Gasteiger partial charge in [-0.1, -0.05) is 6.58 Å². The molecular formula is C19H26O4. The Labute approximate surface area is 137 Å². The molecule has 0 aromatic heterocycles. The molecule has 4 rings (SSSR count). The average Bonchev–Trinajstić information content (AvgIpc) is 2.81. The number of hydrogen-bond donors (Lipinski definition) is 0. The lowest BCUT2D eigenvalue weighted by molar-refractivity contribution is -0.293. The van der Waals surface area contributed by atoms with Crippen LogP contribution in [-0.4, -0.2) is 23.1 Å². The lowest BCUT2D eigenvalue weighted by Gasteiger charge is -2.71. The second kappa shape index (κ2) is 4.01. The van der Waals surface area contributed by atoms with Crippen molar-refractivity contribution in [1.82, 2.24) is 0 Å². The molecule has 5 atom stereocenters. The topological polar surface area (TPSA) is 52.6 Å². The SMILES string of the molecule is C=C(C)C(=O)OC12CC3CC4CC(C(=O)OC(C)(C)C)(C1)CC432. The zero-order valence-electron chi connectivity index (χ0n) is 14.5. The Kier molecular flexibility index (Phi) is 2.66. The fourth-order valence-corrected chi connectivity index (χ4v) is 6.19. The Morgan fingerprint density at radius 1 is 1.13 bits per heavy atom. The Balaban J connectivity index is 1.63. The maximum absolute atomic E-state index is 12.9. The summed E-state index contributed by atoms with van der Waals surface area (Å²) in [4.78, 5) is 25.0. The van der Waals surface area contributed by atoms with Gasteiger partial charge >= 0.3 is 11.9 Å². The van der Waals surface area contributed by atoms with Crippen molar-refractivity contribution in [2.24, 2.45) is 22.7 Å². The summed E-state index contributed by atoms with van der Waals surface area (Å²) in [5.41, 5.74) is -0.878. The number of ether oxygens (including phenoxy) is 2. The van der Waals surface area contributed by atoms with Gasteiger partial charge in [-0.05, 0) is 65.2 Å². The second-order valence-corrected chi connectivity index (χ2v) is 9.38. The molecule has 1 spiro atoms. The molecule has 4 saturated carbocycles. The van der Waals surface area contributed by atoms with Gasteiger partial charge < -0.3 is 9.47 Å². The molecule has 4 nitrogen and oxygen atoms in total. The fraction of sp³-hybridized carbons (Fsp3) is 0.789. The molecule has 0 aromatic rings. The highest BCUT2D eigenvalue weighted by atomic mass is 16.6. The minimum atomic E-state index is -0.478. The maximum Gasteiger partial charge on any atom is 0.333 e. The minimum Gasteiger partial charge on any atom is -0.460 e. The van der Waals surface area contributed by atoms with Crippen molar-refractivity contribution in [1.29, 1.82) is 0 Å². The molecule has 0 heterocycles. The molecule has 0 amide bonds. The Morgan fingerprint density at radius 2 is 1.78 bits per heavy atom. The van der Waals surface area contributed by atoms with Crippen LogP contribution in [0, 0.1) is 22.7 Å². The van der Waals surface area contributed by atoms with Crippen molar-refractivity contribution in [3.05, 3.63) is 12.2 Å². The van der Waals surface area contributed by atoms with Crippen LogP contribution < -0.4 is 0 Å². The van der Waals surface area contributed by atoms with Crippen LogP contribution in [0.2, 0.25) is 0 Å². The van der Waals surface area contributed by atoms with Gasteiger partial charge in [-0.15, -0.1) is 0 Å². The molecule has 5 unspecified atom stereocenters. The van der Waals surface area contributed by atoms with Crippen molar-refractivity contribution >= 4 is 11.9 Å². The van der Waals surface area contributed by atoms with Crippen molar-refractivity contribution in [2.45, 2.75) is 71.0 Å². The standard InChI is InChI=1S/C19H26O4/c1-11(2)14(20)22-18-8-13-6-12-7-17(9-18,10-19(12,13)18)15(21)23-16(3,4)5/h12-13H,1,6-10H2,2-5H3. The molecule has 0 aliphatic heterocycles. The molecular weight excluding hydrogens is 292 g/mol. The lowest BCUT2D eigenvalue weighted by Crippen LogP contribution is -2.72. The maximum atomic E-state index is 12.9. The van der Waals surface area contributed by atoms with Gasteiger partial charge in [0, 0.05) is 17.4 Å². The number of carbonyl (C=O) groups is 2. The number of carbonyl (C=O) groups excluding carboxylic acids is 2. The zero-order valence-corrected chi connectivity index (χ0v) is 14.5. The summed E-state index contributed by atoms with van der Waals surface area (Å²) in [5.74, 6) is 0.737. The third-order valence-corrected chi connectivity index (χ3v) is 6.81. The van der Waals surface area contributed by atoms with E-state index >= 15 is 0 Å². The van der Waals surface area contributed by atoms with Crippen molar-refractivity contribution < 1.29 is 19.1 Å². The highest BCUT2D eigenvalue weighted by Crippen LogP contribution is 2.87. The van der Waals surface area contributed by atoms with Gasteiger partial charge in [0.1, 0.15) is 11.2 Å². The molecule has 4 aliphatic rings. The van der Waals surface area contributed by atoms with Crippen LogP contribution in [0.5, 0.6) is 0 Å². The molecule has 0 radical (unpaired) electrons. The van der Waals surface area contributed by atoms with Crippen molar-refractivity contribution in [3.8, 4) is 0 Å². The Bertz CT molecular complexity index is 630. The van der Waals surface area contributed by atoms with Crippen LogP contribution in [0.25, 0.3) is 0 Å². The average molecular weight is 318 g/mol. The molecule has 4 aliphatic carbocycles. The molecule has 0 saturated heterocycles. The van der Waals surface area contributed by atoms with Crippen molar-refractivity contribution in [2.75, 3.05) is 0 Å². The van der Waals surface area contributed by atoms with Crippen LogP contribution in [0.15, 0.2) is 12.2 Å². The predicted molar refractivity (Wildman–Crippen MR) is 84.4 cm³/mol. The van der Waals surface area contributed by atoms with Crippen LogP contribution in [0.1, 0.15) is 59.8 Å². The summed E-state index contributed by atoms with van der Waals surface area (Å²) in [7, 11) is 0.